The number of hydrogen-bond acceptors (Lipinski definition) is 6. The lowest BCUT2D eigenvalue weighted by Crippen LogP contribution is -2.44. The predicted molar refractivity (Wildman–Crippen MR) is 172 cm³/mol. The third-order valence-corrected chi connectivity index (χ3v) is 9.25. The van der Waals surface area contributed by atoms with Gasteiger partial charge in [0.25, 0.3) is 0 Å². The number of aromatic nitrogens is 4. The molecule has 1 fully saturated rings. The van der Waals surface area contributed by atoms with Gasteiger partial charge in [-0.3, -0.25) is 14.4 Å². The Hall–Kier alpha value is -4.82. The van der Waals surface area contributed by atoms with Gasteiger partial charge in [0.2, 0.25) is 5.91 Å². The fourth-order valence-corrected chi connectivity index (χ4v) is 6.49. The van der Waals surface area contributed by atoms with Gasteiger partial charge in [0, 0.05) is 64.6 Å². The number of hydrogen-bond donors (Lipinski definition) is 1. The number of amides is 1. The number of likely N-dealkylation sites (N-methyl/N-ethyl adjacent to an activating group) is 1. The van der Waals surface area contributed by atoms with Crippen molar-refractivity contribution in [3.05, 3.63) is 94.4 Å². The molecule has 256 valence electrons. The number of nitrogens with zero attached hydrogens (tertiary/aromatic N) is 6. The molecular weight excluding hydrogens is 645 g/mol. The minimum Gasteiger partial charge on any atom is -0.453 e. The molecule has 5 aromatic rings. The molecule has 0 saturated carbocycles. The van der Waals surface area contributed by atoms with E-state index in [0.717, 1.165) is 35.0 Å². The molecule has 2 aromatic carbocycles. The molecule has 0 atom stereocenters. The molecule has 0 unspecified atom stereocenters. The maximum absolute atomic E-state index is 15.3. The van der Waals surface area contributed by atoms with Crippen LogP contribution in [0.15, 0.2) is 55.0 Å². The monoisotopic (exact) mass is 679 g/mol. The van der Waals surface area contributed by atoms with Gasteiger partial charge in [0.05, 0.1) is 35.5 Å². The van der Waals surface area contributed by atoms with Crippen molar-refractivity contribution in [3.8, 4) is 22.8 Å². The van der Waals surface area contributed by atoms with Crippen LogP contribution in [-0.4, -0.2) is 80.1 Å². The highest BCUT2D eigenvalue weighted by molar-refractivity contribution is 5.88. The molecular formula is C35H34F5N7O2. The van der Waals surface area contributed by atoms with E-state index in [1.807, 2.05) is 24.2 Å². The molecule has 1 saturated heterocycles. The van der Waals surface area contributed by atoms with Crippen LogP contribution in [-0.2, 0) is 43.9 Å². The van der Waals surface area contributed by atoms with Gasteiger partial charge in [-0.2, -0.15) is 18.3 Å². The minimum atomic E-state index is -4.70. The Labute approximate surface area is 278 Å². The zero-order valence-corrected chi connectivity index (χ0v) is 26.9. The highest BCUT2D eigenvalue weighted by Gasteiger charge is 2.35. The molecule has 0 aliphatic carbocycles. The highest BCUT2D eigenvalue weighted by atomic mass is 19.4. The fraction of sp³-hybridized carbons (Fsp3) is 0.343. The molecule has 1 amide bonds. The first kappa shape index (κ1) is 32.7. The Bertz CT molecular complexity index is 2030. The predicted octanol–water partition coefficient (Wildman–Crippen LogP) is 5.93. The van der Waals surface area contributed by atoms with Crippen molar-refractivity contribution in [3.63, 3.8) is 0 Å². The second-order valence-corrected chi connectivity index (χ2v) is 12.7. The van der Waals surface area contributed by atoms with Gasteiger partial charge < -0.3 is 19.5 Å². The summed E-state index contributed by atoms with van der Waals surface area (Å²) in [5.41, 5.74) is 2.25. The number of fused-ring (bicyclic) bond motifs is 2. The number of alkyl halides is 3. The lowest BCUT2D eigenvalue weighted by Gasteiger charge is -2.33. The van der Waals surface area contributed by atoms with Crippen molar-refractivity contribution in [1.82, 2.24) is 34.4 Å². The van der Waals surface area contributed by atoms with Crippen LogP contribution in [0, 0.1) is 11.6 Å². The van der Waals surface area contributed by atoms with Crippen LogP contribution in [0.5, 0.6) is 11.5 Å². The molecule has 3 aromatic heterocycles. The fourth-order valence-electron chi connectivity index (χ4n) is 6.49. The number of pyridine rings is 1. The van der Waals surface area contributed by atoms with Crippen LogP contribution in [0.2, 0.25) is 0 Å². The van der Waals surface area contributed by atoms with Crippen molar-refractivity contribution < 1.29 is 31.5 Å². The summed E-state index contributed by atoms with van der Waals surface area (Å²) in [6.07, 6.45) is -0.167. The smallest absolute Gasteiger partial charge is 0.416 e. The number of benzene rings is 2. The van der Waals surface area contributed by atoms with E-state index >= 15 is 8.78 Å². The van der Waals surface area contributed by atoms with E-state index in [0.29, 0.717) is 61.6 Å². The van der Waals surface area contributed by atoms with Crippen LogP contribution in [0.25, 0.3) is 22.3 Å². The van der Waals surface area contributed by atoms with Gasteiger partial charge in [0.15, 0.2) is 11.6 Å². The van der Waals surface area contributed by atoms with Crippen molar-refractivity contribution >= 4 is 16.9 Å². The average Bonchev–Trinajstić information content (AvgIpc) is 3.70. The summed E-state index contributed by atoms with van der Waals surface area (Å²) in [5.74, 6) is -1.67. The SMILES string of the molecule is CN1CCN(Cc2cc(F)c(CC(=O)N3CCc4ccc(Oc5c(F)cnc6[nH]c(-c7cnn(C)c7)cc56)cc4C3)cc2C(F)(F)F)CC1. The first-order chi connectivity index (χ1) is 23.4. The molecule has 2 aliphatic rings. The molecule has 49 heavy (non-hydrogen) atoms. The zero-order chi connectivity index (χ0) is 34.4. The Morgan fingerprint density at radius 1 is 0.939 bits per heavy atom. The molecule has 5 heterocycles. The van der Waals surface area contributed by atoms with Crippen LogP contribution in [0.3, 0.4) is 0 Å². The second-order valence-electron chi connectivity index (χ2n) is 12.7. The van der Waals surface area contributed by atoms with E-state index in [4.69, 9.17) is 4.74 Å². The summed E-state index contributed by atoms with van der Waals surface area (Å²) in [7, 11) is 3.74. The summed E-state index contributed by atoms with van der Waals surface area (Å²) in [6.45, 7) is 3.04. The molecule has 7 rings (SSSR count). The summed E-state index contributed by atoms with van der Waals surface area (Å²) in [4.78, 5) is 26.1. The van der Waals surface area contributed by atoms with Gasteiger partial charge in [-0.05, 0) is 66.1 Å². The summed E-state index contributed by atoms with van der Waals surface area (Å²) < 4.78 is 80.4. The van der Waals surface area contributed by atoms with Crippen LogP contribution in [0.4, 0.5) is 22.0 Å². The topological polar surface area (TPSA) is 82.5 Å². The number of rotatable bonds is 7. The third kappa shape index (κ3) is 6.88. The zero-order valence-electron chi connectivity index (χ0n) is 26.9. The van der Waals surface area contributed by atoms with Crippen molar-refractivity contribution in [2.45, 2.75) is 32.1 Å². The molecule has 0 bridgehead atoms. The van der Waals surface area contributed by atoms with Crippen molar-refractivity contribution in [1.29, 1.82) is 0 Å². The first-order valence-corrected chi connectivity index (χ1v) is 15.9. The summed E-state index contributed by atoms with van der Waals surface area (Å²) in [6, 6.07) is 8.72. The standard InChI is InChI=1S/C35H34F5N7O2/c1-44-7-9-46(10-8-44)19-24-13-29(36)22(12-28(24)35(38,39)40)14-32(48)47-6-5-21-3-4-26(11-23(21)20-47)49-33-27-15-31(25-16-42-45(2)18-25)43-34(27)41-17-30(33)37/h3-4,11-13,15-18H,5-10,14,19-20H2,1-2H3,(H,41,43). The number of ether oxygens (including phenoxy) is 1. The van der Waals surface area contributed by atoms with Gasteiger partial charge in [-0.1, -0.05) is 6.07 Å². The number of H-pyrrole nitrogens is 1. The average molecular weight is 680 g/mol. The van der Waals surface area contributed by atoms with Gasteiger partial charge in [-0.25, -0.2) is 13.8 Å². The Morgan fingerprint density at radius 2 is 1.73 bits per heavy atom. The van der Waals surface area contributed by atoms with Crippen molar-refractivity contribution in [2.75, 3.05) is 39.8 Å². The number of carbonyl (C=O) groups is 1. The number of piperazine rings is 1. The normalized spacial score (nSPS) is 15.9. The van der Waals surface area contributed by atoms with E-state index in [2.05, 4.69) is 20.0 Å². The Morgan fingerprint density at radius 3 is 2.47 bits per heavy atom. The summed E-state index contributed by atoms with van der Waals surface area (Å²) >= 11 is 0. The van der Waals surface area contributed by atoms with Crippen LogP contribution >= 0.6 is 0 Å². The van der Waals surface area contributed by atoms with Gasteiger partial charge >= 0.3 is 6.18 Å². The molecule has 0 spiro atoms. The quantitative estimate of drug-likeness (QED) is 0.215. The second kappa shape index (κ2) is 12.9. The molecule has 2 aliphatic heterocycles. The van der Waals surface area contributed by atoms with E-state index in [1.54, 1.807) is 36.1 Å². The van der Waals surface area contributed by atoms with E-state index in [9.17, 15) is 18.0 Å². The number of halogens is 5. The number of nitrogens with one attached hydrogen (secondary N) is 1. The van der Waals surface area contributed by atoms with Gasteiger partial charge in [0.1, 0.15) is 17.2 Å². The number of aryl methyl sites for hydroxylation is 1. The lowest BCUT2D eigenvalue weighted by molar-refractivity contribution is -0.139. The highest BCUT2D eigenvalue weighted by Crippen LogP contribution is 2.37. The Kier molecular flexibility index (Phi) is 8.61. The first-order valence-electron chi connectivity index (χ1n) is 15.9. The van der Waals surface area contributed by atoms with E-state index in [-0.39, 0.29) is 30.0 Å². The third-order valence-electron chi connectivity index (χ3n) is 9.25. The minimum absolute atomic E-state index is 0.0212. The van der Waals surface area contributed by atoms with Crippen LogP contribution < -0.4 is 4.74 Å². The van der Waals surface area contributed by atoms with Crippen LogP contribution in [0.1, 0.15) is 27.8 Å². The summed E-state index contributed by atoms with van der Waals surface area (Å²) in [5, 5.41) is 4.61. The number of carbonyl (C=O) groups excluding carboxylic acids is 1. The molecule has 1 N–H and O–H groups in total. The molecule has 14 heteroatoms. The maximum Gasteiger partial charge on any atom is 0.416 e. The van der Waals surface area contributed by atoms with Gasteiger partial charge in [-0.15, -0.1) is 0 Å². The molecule has 9 nitrogen and oxygen atoms in total. The largest absolute Gasteiger partial charge is 0.453 e. The molecule has 0 radical (unpaired) electrons. The van der Waals surface area contributed by atoms with E-state index in [1.165, 1.54) is 4.90 Å². The van der Waals surface area contributed by atoms with E-state index < -0.39 is 35.7 Å². The Balaban J connectivity index is 1.08. The lowest BCUT2D eigenvalue weighted by atomic mass is 9.97. The van der Waals surface area contributed by atoms with Crippen molar-refractivity contribution in [2.24, 2.45) is 7.05 Å². The number of aromatic amines is 1. The maximum atomic E-state index is 15.3.